The summed E-state index contributed by atoms with van der Waals surface area (Å²) in [7, 11) is 0. The molecule has 8 nitrogen and oxygen atoms in total. The normalized spacial score (nSPS) is 25.6. The molecule has 2 rings (SSSR count). The van der Waals surface area contributed by atoms with Gasteiger partial charge >= 0.3 is 12.3 Å². The standard InChI is InChI=1S/C16H26O8/c1-11(20-9-14-10-22-16(18)24-14)5-3-4-6-19-12(2)7-13-8-21-15(17)23-13/h11-14H,3-10H2,1-2H3. The van der Waals surface area contributed by atoms with Crippen molar-refractivity contribution < 1.29 is 38.0 Å². The van der Waals surface area contributed by atoms with Crippen LogP contribution in [-0.2, 0) is 28.4 Å². The van der Waals surface area contributed by atoms with Crippen molar-refractivity contribution in [1.82, 2.24) is 0 Å². The molecule has 0 amide bonds. The predicted molar refractivity (Wildman–Crippen MR) is 81.7 cm³/mol. The van der Waals surface area contributed by atoms with Crippen LogP contribution >= 0.6 is 0 Å². The first-order valence-electron chi connectivity index (χ1n) is 8.43. The van der Waals surface area contributed by atoms with E-state index < -0.39 is 12.3 Å². The lowest BCUT2D eigenvalue weighted by atomic mass is 10.1. The van der Waals surface area contributed by atoms with Gasteiger partial charge in [0.2, 0.25) is 0 Å². The van der Waals surface area contributed by atoms with E-state index in [1.54, 1.807) is 0 Å². The Hall–Kier alpha value is -1.54. The van der Waals surface area contributed by atoms with E-state index in [1.807, 2.05) is 13.8 Å². The lowest BCUT2D eigenvalue weighted by Crippen LogP contribution is -2.22. The van der Waals surface area contributed by atoms with E-state index in [-0.39, 0.29) is 31.0 Å². The van der Waals surface area contributed by atoms with Gasteiger partial charge in [0.25, 0.3) is 0 Å². The van der Waals surface area contributed by atoms with E-state index in [4.69, 9.17) is 28.4 Å². The van der Waals surface area contributed by atoms with Crippen molar-refractivity contribution in [3.63, 3.8) is 0 Å². The molecule has 24 heavy (non-hydrogen) atoms. The Morgan fingerprint density at radius 2 is 1.62 bits per heavy atom. The Labute approximate surface area is 141 Å². The number of rotatable bonds is 11. The molecule has 4 unspecified atom stereocenters. The highest BCUT2D eigenvalue weighted by molar-refractivity contribution is 5.62. The maximum Gasteiger partial charge on any atom is 0.508 e. The molecule has 138 valence electrons. The molecule has 0 N–H and O–H groups in total. The average molecular weight is 346 g/mol. The van der Waals surface area contributed by atoms with Gasteiger partial charge in [-0.2, -0.15) is 0 Å². The quantitative estimate of drug-likeness (QED) is 0.416. The Morgan fingerprint density at radius 3 is 2.25 bits per heavy atom. The van der Waals surface area contributed by atoms with Crippen LogP contribution in [-0.4, -0.2) is 63.2 Å². The largest absolute Gasteiger partial charge is 0.508 e. The number of hydrogen-bond acceptors (Lipinski definition) is 8. The molecule has 2 heterocycles. The predicted octanol–water partition coefficient (Wildman–Crippen LogP) is 2.43. The minimum absolute atomic E-state index is 0.0234. The topological polar surface area (TPSA) is 89.5 Å². The molecule has 0 bridgehead atoms. The van der Waals surface area contributed by atoms with Crippen molar-refractivity contribution in [2.24, 2.45) is 0 Å². The average Bonchev–Trinajstić information content (AvgIpc) is 3.13. The van der Waals surface area contributed by atoms with Gasteiger partial charge in [0.15, 0.2) is 6.10 Å². The van der Waals surface area contributed by atoms with Crippen LogP contribution < -0.4 is 0 Å². The van der Waals surface area contributed by atoms with E-state index in [0.29, 0.717) is 26.2 Å². The molecule has 0 aliphatic carbocycles. The molecular formula is C16H26O8. The van der Waals surface area contributed by atoms with Gasteiger partial charge in [-0.1, -0.05) is 0 Å². The van der Waals surface area contributed by atoms with Crippen LogP contribution in [0.1, 0.15) is 39.5 Å². The maximum absolute atomic E-state index is 10.8. The summed E-state index contributed by atoms with van der Waals surface area (Å²) in [6.07, 6.45) is 1.87. The Balaban J connectivity index is 1.42. The van der Waals surface area contributed by atoms with Crippen molar-refractivity contribution in [3.05, 3.63) is 0 Å². The fraction of sp³-hybridized carbons (Fsp3) is 0.875. The van der Waals surface area contributed by atoms with Gasteiger partial charge < -0.3 is 28.4 Å². The molecule has 0 aromatic rings. The van der Waals surface area contributed by atoms with E-state index >= 15 is 0 Å². The zero-order valence-electron chi connectivity index (χ0n) is 14.2. The van der Waals surface area contributed by atoms with Crippen LogP contribution in [0.2, 0.25) is 0 Å². The summed E-state index contributed by atoms with van der Waals surface area (Å²) in [4.78, 5) is 21.6. The summed E-state index contributed by atoms with van der Waals surface area (Å²) < 4.78 is 30.6. The number of ether oxygens (including phenoxy) is 6. The fourth-order valence-electron chi connectivity index (χ4n) is 2.54. The van der Waals surface area contributed by atoms with Crippen LogP contribution in [0.4, 0.5) is 9.59 Å². The zero-order valence-corrected chi connectivity index (χ0v) is 14.2. The first kappa shape index (κ1) is 18.8. The first-order chi connectivity index (χ1) is 11.5. The van der Waals surface area contributed by atoms with E-state index in [0.717, 1.165) is 19.3 Å². The Bertz CT molecular complexity index is 413. The molecule has 2 fully saturated rings. The third kappa shape index (κ3) is 6.92. The second kappa shape index (κ2) is 9.68. The Morgan fingerprint density at radius 1 is 0.958 bits per heavy atom. The highest BCUT2D eigenvalue weighted by Gasteiger charge is 2.27. The lowest BCUT2D eigenvalue weighted by molar-refractivity contribution is 0.0000870. The van der Waals surface area contributed by atoms with Gasteiger partial charge in [-0.15, -0.1) is 0 Å². The first-order valence-corrected chi connectivity index (χ1v) is 8.43. The summed E-state index contributed by atoms with van der Waals surface area (Å²) in [6.45, 7) is 5.55. The van der Waals surface area contributed by atoms with Gasteiger partial charge in [0.05, 0.1) is 18.8 Å². The third-order valence-corrected chi connectivity index (χ3v) is 3.87. The molecule has 0 saturated carbocycles. The summed E-state index contributed by atoms with van der Waals surface area (Å²) in [5.41, 5.74) is 0. The summed E-state index contributed by atoms with van der Waals surface area (Å²) >= 11 is 0. The second-order valence-electron chi connectivity index (χ2n) is 6.16. The van der Waals surface area contributed by atoms with Crippen molar-refractivity contribution >= 4 is 12.3 Å². The minimum Gasteiger partial charge on any atom is -0.430 e. The third-order valence-electron chi connectivity index (χ3n) is 3.87. The van der Waals surface area contributed by atoms with Crippen molar-refractivity contribution in [2.75, 3.05) is 26.4 Å². The van der Waals surface area contributed by atoms with E-state index in [2.05, 4.69) is 0 Å². The number of carbonyl (C=O) groups is 2. The fourth-order valence-corrected chi connectivity index (χ4v) is 2.54. The van der Waals surface area contributed by atoms with E-state index in [9.17, 15) is 9.59 Å². The van der Waals surface area contributed by atoms with Crippen LogP contribution in [0.3, 0.4) is 0 Å². The molecule has 2 saturated heterocycles. The maximum atomic E-state index is 10.8. The highest BCUT2D eigenvalue weighted by Crippen LogP contribution is 2.14. The second-order valence-corrected chi connectivity index (χ2v) is 6.16. The zero-order chi connectivity index (χ0) is 17.4. The highest BCUT2D eigenvalue weighted by atomic mass is 16.8. The van der Waals surface area contributed by atoms with Crippen molar-refractivity contribution in [1.29, 1.82) is 0 Å². The van der Waals surface area contributed by atoms with Crippen LogP contribution in [0, 0.1) is 0 Å². The van der Waals surface area contributed by atoms with Gasteiger partial charge in [0.1, 0.15) is 19.3 Å². The summed E-state index contributed by atoms with van der Waals surface area (Å²) in [6, 6.07) is 0. The van der Waals surface area contributed by atoms with E-state index in [1.165, 1.54) is 0 Å². The van der Waals surface area contributed by atoms with Gasteiger partial charge in [0, 0.05) is 13.0 Å². The minimum atomic E-state index is -0.624. The number of cyclic esters (lactones) is 4. The number of hydrogen-bond donors (Lipinski definition) is 0. The molecule has 0 aromatic heterocycles. The molecule has 8 heteroatoms. The molecule has 2 aliphatic heterocycles. The van der Waals surface area contributed by atoms with Crippen molar-refractivity contribution in [2.45, 2.75) is 63.9 Å². The SMILES string of the molecule is CC(CCCCOC(C)CC1COC(=O)O1)OCC1COC(=O)O1. The van der Waals surface area contributed by atoms with Gasteiger partial charge in [-0.25, -0.2) is 9.59 Å². The van der Waals surface area contributed by atoms with Crippen LogP contribution in [0.15, 0.2) is 0 Å². The molecular weight excluding hydrogens is 320 g/mol. The molecule has 4 atom stereocenters. The van der Waals surface area contributed by atoms with Gasteiger partial charge in [-0.3, -0.25) is 0 Å². The van der Waals surface area contributed by atoms with Gasteiger partial charge in [-0.05, 0) is 33.1 Å². The molecule has 2 aliphatic rings. The molecule has 0 radical (unpaired) electrons. The van der Waals surface area contributed by atoms with Crippen LogP contribution in [0.25, 0.3) is 0 Å². The Kier molecular flexibility index (Phi) is 7.58. The summed E-state index contributed by atoms with van der Waals surface area (Å²) in [5, 5.41) is 0. The summed E-state index contributed by atoms with van der Waals surface area (Å²) in [5.74, 6) is 0. The van der Waals surface area contributed by atoms with Crippen molar-refractivity contribution in [3.8, 4) is 0 Å². The number of unbranched alkanes of at least 4 members (excludes halogenated alkanes) is 1. The molecule has 0 aromatic carbocycles. The number of carbonyl (C=O) groups excluding carboxylic acids is 2. The monoisotopic (exact) mass is 346 g/mol. The lowest BCUT2D eigenvalue weighted by Gasteiger charge is -2.16. The van der Waals surface area contributed by atoms with Crippen LogP contribution in [0.5, 0.6) is 0 Å². The smallest absolute Gasteiger partial charge is 0.430 e. The molecule has 0 spiro atoms.